The molecule has 0 radical (unpaired) electrons. The van der Waals surface area contributed by atoms with Crippen LogP contribution in [0.25, 0.3) is 0 Å². The van der Waals surface area contributed by atoms with Gasteiger partial charge in [0.05, 0.1) is 5.57 Å². The lowest BCUT2D eigenvalue weighted by Gasteiger charge is -1.87. The van der Waals surface area contributed by atoms with Crippen molar-refractivity contribution >= 4 is 17.6 Å². The fourth-order valence-electron chi connectivity index (χ4n) is 0.262. The molecule has 0 aliphatic carbocycles. The summed E-state index contributed by atoms with van der Waals surface area (Å²) in [6.45, 7) is 6.57. The topological polar surface area (TPSA) is 37.3 Å². The summed E-state index contributed by atoms with van der Waals surface area (Å²) in [5.41, 5.74) is -0.0122. The predicted molar refractivity (Wildman–Crippen MR) is 40.9 cm³/mol. The van der Waals surface area contributed by atoms with E-state index in [0.29, 0.717) is 0 Å². The Hall–Kier alpha value is -1.02. The van der Waals surface area contributed by atoms with Gasteiger partial charge in [0, 0.05) is 5.03 Å². The van der Waals surface area contributed by atoms with Gasteiger partial charge < -0.3 is 5.11 Å². The first-order valence-corrected chi connectivity index (χ1v) is 2.86. The van der Waals surface area contributed by atoms with Gasteiger partial charge in [-0.3, -0.25) is 0 Å². The summed E-state index contributed by atoms with van der Waals surface area (Å²) in [5, 5.41) is 8.55. The average molecular weight is 159 g/mol. The maximum atomic E-state index is 10.1. The first-order valence-electron chi connectivity index (χ1n) is 2.48. The minimum Gasteiger partial charge on any atom is -0.478 e. The molecule has 0 rings (SSSR count). The Labute approximate surface area is 64.1 Å². The molecule has 0 amide bonds. The molecule has 2 nitrogen and oxygen atoms in total. The molecule has 0 heterocycles. The molecule has 0 aliphatic rings. The van der Waals surface area contributed by atoms with E-state index in [0.717, 1.165) is 0 Å². The molecule has 0 saturated carbocycles. The molecule has 10 heavy (non-hydrogen) atoms. The molecule has 0 aromatic rings. The third-order valence-electron chi connectivity index (χ3n) is 0.740. The number of halogens is 1. The number of carboxylic acid groups (broad SMARTS) is 1. The lowest BCUT2D eigenvalue weighted by molar-refractivity contribution is -0.132. The molecule has 1 N–H and O–H groups in total. The van der Waals surface area contributed by atoms with Crippen molar-refractivity contribution in [3.8, 4) is 0 Å². The van der Waals surface area contributed by atoms with Crippen LogP contribution in [0.1, 0.15) is 0 Å². The molecular formula is C7H7ClO2. The molecule has 0 spiro atoms. The molecule has 54 valence electrons. The monoisotopic (exact) mass is 158 g/mol. The third kappa shape index (κ3) is 3.92. The van der Waals surface area contributed by atoms with Crippen molar-refractivity contribution in [1.82, 2.24) is 0 Å². The van der Waals surface area contributed by atoms with E-state index in [9.17, 15) is 4.79 Å². The van der Waals surface area contributed by atoms with Gasteiger partial charge >= 0.3 is 5.97 Å². The summed E-state index contributed by atoms with van der Waals surface area (Å²) in [4.78, 5) is 10.1. The van der Waals surface area contributed by atoms with Gasteiger partial charge in [-0.2, -0.15) is 0 Å². The fourth-order valence-corrected chi connectivity index (χ4v) is 0.325. The molecule has 0 aliphatic heterocycles. The van der Waals surface area contributed by atoms with Crippen molar-refractivity contribution in [1.29, 1.82) is 0 Å². The Morgan fingerprint density at radius 1 is 1.40 bits per heavy atom. The normalized spacial score (nSPS) is 9.70. The first kappa shape index (κ1) is 8.98. The van der Waals surface area contributed by atoms with Crippen LogP contribution in [0, 0.1) is 0 Å². The molecule has 0 fully saturated rings. The van der Waals surface area contributed by atoms with Gasteiger partial charge in [0.15, 0.2) is 0 Å². The van der Waals surface area contributed by atoms with E-state index in [1.165, 1.54) is 12.2 Å². The van der Waals surface area contributed by atoms with Crippen molar-refractivity contribution in [3.05, 3.63) is 35.9 Å². The van der Waals surface area contributed by atoms with Gasteiger partial charge in [0.1, 0.15) is 0 Å². The van der Waals surface area contributed by atoms with E-state index in [1.807, 2.05) is 0 Å². The Kier molecular flexibility index (Phi) is 3.51. The second-order valence-corrected chi connectivity index (χ2v) is 2.10. The number of hydrogen-bond acceptors (Lipinski definition) is 1. The standard InChI is InChI=1S/C7H7ClO2/c1-5(7(9)10)3-4-6(2)8/h3-4H,1-2H2,(H,9,10). The maximum absolute atomic E-state index is 10.1. The van der Waals surface area contributed by atoms with E-state index >= 15 is 0 Å². The van der Waals surface area contributed by atoms with Gasteiger partial charge in [-0.05, 0) is 12.2 Å². The lowest BCUT2D eigenvalue weighted by Crippen LogP contribution is -1.94. The van der Waals surface area contributed by atoms with Gasteiger partial charge in [-0.1, -0.05) is 24.8 Å². The Bertz CT molecular complexity index is 204. The van der Waals surface area contributed by atoms with Crippen molar-refractivity contribution in [2.75, 3.05) is 0 Å². The predicted octanol–water partition coefficient (Wildman–Crippen LogP) is 1.94. The zero-order valence-corrected chi connectivity index (χ0v) is 6.06. The van der Waals surface area contributed by atoms with E-state index in [-0.39, 0.29) is 10.6 Å². The molecule has 0 aromatic carbocycles. The Morgan fingerprint density at radius 3 is 2.20 bits per heavy atom. The molecule has 0 unspecified atom stereocenters. The van der Waals surface area contributed by atoms with Crippen molar-refractivity contribution in [3.63, 3.8) is 0 Å². The van der Waals surface area contributed by atoms with Gasteiger partial charge in [-0.15, -0.1) is 0 Å². The number of rotatable bonds is 3. The van der Waals surface area contributed by atoms with E-state index < -0.39 is 5.97 Å². The van der Waals surface area contributed by atoms with Crippen LogP contribution in [0.2, 0.25) is 0 Å². The number of carboxylic acids is 1. The van der Waals surface area contributed by atoms with Gasteiger partial charge in [0.2, 0.25) is 0 Å². The van der Waals surface area contributed by atoms with Crippen LogP contribution in [0.3, 0.4) is 0 Å². The summed E-state index contributed by atoms with van der Waals surface area (Å²) in [6.07, 6.45) is 2.66. The maximum Gasteiger partial charge on any atom is 0.335 e. The first-order chi connectivity index (χ1) is 4.54. The third-order valence-corrected chi connectivity index (χ3v) is 0.866. The van der Waals surface area contributed by atoms with Crippen molar-refractivity contribution in [2.45, 2.75) is 0 Å². The van der Waals surface area contributed by atoms with Crippen LogP contribution < -0.4 is 0 Å². The summed E-state index contributed by atoms with van der Waals surface area (Å²) in [7, 11) is 0. The van der Waals surface area contributed by atoms with Crippen molar-refractivity contribution < 1.29 is 9.90 Å². The highest BCUT2D eigenvalue weighted by atomic mass is 35.5. The van der Waals surface area contributed by atoms with Gasteiger partial charge in [-0.25, -0.2) is 4.79 Å². The smallest absolute Gasteiger partial charge is 0.335 e. The number of carbonyl (C=O) groups is 1. The highest BCUT2D eigenvalue weighted by Gasteiger charge is 1.96. The molecule has 3 heteroatoms. The molecule has 0 bridgehead atoms. The largest absolute Gasteiger partial charge is 0.478 e. The summed E-state index contributed by atoms with van der Waals surface area (Å²) < 4.78 is 0. The van der Waals surface area contributed by atoms with E-state index in [1.54, 1.807) is 0 Å². The Balaban J connectivity index is 4.03. The fraction of sp³-hybridized carbons (Fsp3) is 0. The minimum absolute atomic E-state index is 0.0122. The summed E-state index contributed by atoms with van der Waals surface area (Å²) in [5.74, 6) is -1.06. The number of allylic oxidation sites excluding steroid dienone is 2. The average Bonchev–Trinajstić information content (AvgIpc) is 1.82. The highest BCUT2D eigenvalue weighted by molar-refractivity contribution is 6.30. The van der Waals surface area contributed by atoms with E-state index in [2.05, 4.69) is 13.2 Å². The quantitative estimate of drug-likeness (QED) is 0.504. The van der Waals surface area contributed by atoms with Crippen LogP contribution >= 0.6 is 11.6 Å². The molecular weight excluding hydrogens is 152 g/mol. The van der Waals surface area contributed by atoms with Crippen LogP contribution in [0.4, 0.5) is 0 Å². The second kappa shape index (κ2) is 3.90. The summed E-state index contributed by atoms with van der Waals surface area (Å²) >= 11 is 5.31. The summed E-state index contributed by atoms with van der Waals surface area (Å²) in [6, 6.07) is 0. The molecule has 0 saturated heterocycles. The lowest BCUT2D eigenvalue weighted by atomic mass is 10.3. The van der Waals surface area contributed by atoms with E-state index in [4.69, 9.17) is 16.7 Å². The Morgan fingerprint density at radius 2 is 1.90 bits per heavy atom. The van der Waals surface area contributed by atoms with Gasteiger partial charge in [0.25, 0.3) is 0 Å². The van der Waals surface area contributed by atoms with Crippen LogP contribution in [0.5, 0.6) is 0 Å². The highest BCUT2D eigenvalue weighted by Crippen LogP contribution is 2.01. The number of hydrogen-bond donors (Lipinski definition) is 1. The zero-order chi connectivity index (χ0) is 8.15. The number of aliphatic carboxylic acids is 1. The second-order valence-electron chi connectivity index (χ2n) is 1.61. The zero-order valence-electron chi connectivity index (χ0n) is 5.30. The SMILES string of the molecule is C=C(Cl)C=CC(=C)C(=O)O. The van der Waals surface area contributed by atoms with Crippen molar-refractivity contribution in [2.24, 2.45) is 0 Å². The molecule has 0 atom stereocenters. The van der Waals surface area contributed by atoms with Crippen LogP contribution in [-0.4, -0.2) is 11.1 Å². The molecule has 0 aromatic heterocycles. The van der Waals surface area contributed by atoms with Crippen LogP contribution in [0.15, 0.2) is 35.9 Å². The minimum atomic E-state index is -1.06. The van der Waals surface area contributed by atoms with Crippen LogP contribution in [-0.2, 0) is 4.79 Å².